The van der Waals surface area contributed by atoms with Crippen molar-refractivity contribution in [1.82, 2.24) is 15.0 Å². The van der Waals surface area contributed by atoms with Crippen molar-refractivity contribution in [3.63, 3.8) is 0 Å². The molecule has 23 heavy (non-hydrogen) atoms. The van der Waals surface area contributed by atoms with Crippen molar-refractivity contribution in [2.75, 3.05) is 12.5 Å². The van der Waals surface area contributed by atoms with E-state index in [0.29, 0.717) is 0 Å². The Morgan fingerprint density at radius 2 is 1.52 bits per heavy atom. The Hall–Kier alpha value is -1.94. The monoisotopic (exact) mass is 325 g/mol. The van der Waals surface area contributed by atoms with E-state index >= 15 is 0 Å². The van der Waals surface area contributed by atoms with Gasteiger partial charge in [0.25, 0.3) is 0 Å². The number of fused-ring (bicyclic) bond motifs is 1. The van der Waals surface area contributed by atoms with Gasteiger partial charge in [-0.1, -0.05) is 57.2 Å². The van der Waals surface area contributed by atoms with Gasteiger partial charge < -0.3 is 0 Å². The highest BCUT2D eigenvalue weighted by Gasteiger charge is 2.20. The molecule has 2 aromatic carbocycles. The molecule has 120 valence electrons. The third-order valence-corrected chi connectivity index (χ3v) is 4.70. The van der Waals surface area contributed by atoms with Crippen LogP contribution in [0.2, 0.25) is 0 Å². The van der Waals surface area contributed by atoms with Gasteiger partial charge in [0.05, 0.1) is 0 Å². The summed E-state index contributed by atoms with van der Waals surface area (Å²) in [6.45, 7) is 6.43. The second-order valence-electron chi connectivity index (χ2n) is 6.99. The van der Waals surface area contributed by atoms with E-state index in [2.05, 4.69) is 75.7 Å². The van der Waals surface area contributed by atoms with Crippen molar-refractivity contribution < 1.29 is 0 Å². The molecule has 0 aliphatic heterocycles. The van der Waals surface area contributed by atoms with Crippen LogP contribution in [0.25, 0.3) is 22.2 Å². The van der Waals surface area contributed by atoms with E-state index in [-0.39, 0.29) is 16.3 Å². The molecule has 1 aromatic heterocycles. The number of aromatic nitrogens is 3. The van der Waals surface area contributed by atoms with Crippen LogP contribution < -0.4 is 0 Å². The van der Waals surface area contributed by atoms with Gasteiger partial charge in [-0.3, -0.25) is 0 Å². The molecule has 3 nitrogen and oxygen atoms in total. The fourth-order valence-corrected chi connectivity index (χ4v) is 2.95. The maximum Gasteiger partial charge on any atom is 0.170 e. The van der Waals surface area contributed by atoms with Crippen LogP contribution in [0.1, 0.15) is 26.6 Å². The first-order valence-electron chi connectivity index (χ1n) is 7.78. The van der Waals surface area contributed by atoms with Crippen LogP contribution >= 0.6 is 10.9 Å². The highest BCUT2D eigenvalue weighted by molar-refractivity contribution is 8.15. The SMILES string of the molecule is C[SH](C)c1nc(-c2ccc3ccccc3c2)nc(C(C)(C)C)n1. The van der Waals surface area contributed by atoms with E-state index in [1.807, 2.05) is 0 Å². The van der Waals surface area contributed by atoms with Crippen molar-refractivity contribution in [2.45, 2.75) is 31.3 Å². The minimum atomic E-state index is -0.362. The van der Waals surface area contributed by atoms with Crippen LogP contribution in [0.4, 0.5) is 0 Å². The van der Waals surface area contributed by atoms with Gasteiger partial charge in [0.1, 0.15) is 5.82 Å². The Balaban J connectivity index is 2.18. The van der Waals surface area contributed by atoms with E-state index in [9.17, 15) is 0 Å². The first-order chi connectivity index (χ1) is 10.8. The molecule has 0 radical (unpaired) electrons. The van der Waals surface area contributed by atoms with Gasteiger partial charge in [-0.2, -0.15) is 10.9 Å². The lowest BCUT2D eigenvalue weighted by atomic mass is 9.96. The summed E-state index contributed by atoms with van der Waals surface area (Å²) < 4.78 is 0. The highest BCUT2D eigenvalue weighted by Crippen LogP contribution is 2.30. The molecule has 0 bridgehead atoms. The molecule has 4 heteroatoms. The number of nitrogens with zero attached hydrogens (tertiary/aromatic N) is 3. The zero-order chi connectivity index (χ0) is 16.6. The van der Waals surface area contributed by atoms with Crippen LogP contribution in [0.15, 0.2) is 47.6 Å². The maximum atomic E-state index is 4.75. The number of rotatable bonds is 2. The molecular formula is C19H23N3S. The third-order valence-electron chi connectivity index (χ3n) is 3.70. The fraction of sp³-hybridized carbons (Fsp3) is 0.316. The minimum absolute atomic E-state index is 0.0887. The van der Waals surface area contributed by atoms with Gasteiger partial charge in [-0.15, -0.1) is 0 Å². The molecule has 1 heterocycles. The van der Waals surface area contributed by atoms with Gasteiger partial charge >= 0.3 is 0 Å². The molecule has 0 saturated carbocycles. The summed E-state index contributed by atoms with van der Waals surface area (Å²) in [5.74, 6) is 1.64. The van der Waals surface area contributed by atoms with Crippen molar-refractivity contribution in [3.05, 3.63) is 48.3 Å². The van der Waals surface area contributed by atoms with Crippen LogP contribution in [0.5, 0.6) is 0 Å². The second-order valence-corrected chi connectivity index (χ2v) is 9.18. The predicted octanol–water partition coefficient (Wildman–Crippen LogP) is 4.61. The van der Waals surface area contributed by atoms with E-state index < -0.39 is 0 Å². The quantitative estimate of drug-likeness (QED) is 0.699. The summed E-state index contributed by atoms with van der Waals surface area (Å²) in [7, 11) is -0.362. The Labute approximate surface area is 140 Å². The summed E-state index contributed by atoms with van der Waals surface area (Å²) in [6, 6.07) is 14.8. The van der Waals surface area contributed by atoms with Crippen LogP contribution in [-0.4, -0.2) is 27.5 Å². The Bertz CT molecular complexity index is 851. The normalized spacial score (nSPS) is 12.5. The largest absolute Gasteiger partial charge is 0.212 e. The summed E-state index contributed by atoms with van der Waals surface area (Å²) in [4.78, 5) is 14.2. The van der Waals surface area contributed by atoms with Crippen molar-refractivity contribution in [2.24, 2.45) is 0 Å². The molecule has 0 N–H and O–H groups in total. The molecule has 3 rings (SSSR count). The number of benzene rings is 2. The standard InChI is InChI=1S/C19H23N3S/c1-19(2,3)17-20-16(21-18(22-17)23(4)5)15-11-10-13-8-6-7-9-14(13)12-15/h6-12,23H,1-5H3. The second kappa shape index (κ2) is 5.93. The molecular weight excluding hydrogens is 302 g/mol. The molecule has 0 aliphatic rings. The fourth-order valence-electron chi connectivity index (χ4n) is 2.36. The number of thiol groups is 1. The Kier molecular flexibility index (Phi) is 4.11. The van der Waals surface area contributed by atoms with E-state index in [1.54, 1.807) is 0 Å². The predicted molar refractivity (Wildman–Crippen MR) is 101 cm³/mol. The molecule has 0 aliphatic carbocycles. The lowest BCUT2D eigenvalue weighted by Crippen LogP contribution is -2.18. The third kappa shape index (κ3) is 3.37. The first-order valence-corrected chi connectivity index (χ1v) is 10.0. The van der Waals surface area contributed by atoms with E-state index in [0.717, 1.165) is 22.4 Å². The average Bonchev–Trinajstić information content (AvgIpc) is 2.53. The summed E-state index contributed by atoms with van der Waals surface area (Å²) >= 11 is 0. The number of hydrogen-bond donors (Lipinski definition) is 1. The summed E-state index contributed by atoms with van der Waals surface area (Å²) in [5.41, 5.74) is 0.962. The van der Waals surface area contributed by atoms with Gasteiger partial charge in [-0.25, -0.2) is 15.0 Å². The first kappa shape index (κ1) is 15.9. The molecule has 0 atom stereocenters. The molecule has 0 spiro atoms. The zero-order valence-corrected chi connectivity index (χ0v) is 15.2. The van der Waals surface area contributed by atoms with Crippen molar-refractivity contribution >= 4 is 21.7 Å². The minimum Gasteiger partial charge on any atom is -0.212 e. The van der Waals surface area contributed by atoms with Gasteiger partial charge in [0, 0.05) is 11.0 Å². The molecule has 0 amide bonds. The topological polar surface area (TPSA) is 38.7 Å². The van der Waals surface area contributed by atoms with Crippen molar-refractivity contribution in [1.29, 1.82) is 0 Å². The smallest absolute Gasteiger partial charge is 0.170 e. The van der Waals surface area contributed by atoms with Crippen LogP contribution in [0, 0.1) is 0 Å². The van der Waals surface area contributed by atoms with Crippen LogP contribution in [-0.2, 0) is 5.41 Å². The Morgan fingerprint density at radius 1 is 0.826 bits per heavy atom. The highest BCUT2D eigenvalue weighted by atomic mass is 32.2. The lowest BCUT2D eigenvalue weighted by Gasteiger charge is -2.19. The summed E-state index contributed by atoms with van der Waals surface area (Å²) in [5, 5.41) is 3.36. The van der Waals surface area contributed by atoms with Crippen LogP contribution in [0.3, 0.4) is 0 Å². The van der Waals surface area contributed by atoms with Gasteiger partial charge in [0.15, 0.2) is 11.0 Å². The van der Waals surface area contributed by atoms with Crippen molar-refractivity contribution in [3.8, 4) is 11.4 Å². The van der Waals surface area contributed by atoms with E-state index in [4.69, 9.17) is 15.0 Å². The summed E-state index contributed by atoms with van der Waals surface area (Å²) in [6.07, 6.45) is 4.36. The zero-order valence-electron chi connectivity index (χ0n) is 14.3. The molecule has 0 unspecified atom stereocenters. The average molecular weight is 325 g/mol. The van der Waals surface area contributed by atoms with E-state index in [1.165, 1.54) is 10.8 Å². The molecule has 0 saturated heterocycles. The molecule has 0 fully saturated rings. The Morgan fingerprint density at radius 3 is 2.17 bits per heavy atom. The lowest BCUT2D eigenvalue weighted by molar-refractivity contribution is 0.532. The van der Waals surface area contributed by atoms with Gasteiger partial charge in [0.2, 0.25) is 0 Å². The van der Waals surface area contributed by atoms with Gasteiger partial charge in [-0.05, 0) is 29.4 Å². The number of hydrogen-bond acceptors (Lipinski definition) is 3. The molecule has 3 aromatic rings. The maximum absolute atomic E-state index is 4.75.